The van der Waals surface area contributed by atoms with Crippen LogP contribution in [0.15, 0.2) is 43.0 Å². The quantitative estimate of drug-likeness (QED) is 0.425. The molecule has 0 amide bonds. The molecular formula is C14H18O3. The zero-order valence-corrected chi connectivity index (χ0v) is 10.1. The molecule has 0 radical (unpaired) electrons. The normalized spacial score (nSPS) is 11.6. The van der Waals surface area contributed by atoms with Gasteiger partial charge in [0.25, 0.3) is 0 Å². The summed E-state index contributed by atoms with van der Waals surface area (Å²) in [6, 6.07) is 8.85. The van der Waals surface area contributed by atoms with Crippen molar-refractivity contribution in [3.05, 3.63) is 43.0 Å². The maximum absolute atomic E-state index is 11.5. The van der Waals surface area contributed by atoms with Gasteiger partial charge in [0.05, 0.1) is 0 Å². The summed E-state index contributed by atoms with van der Waals surface area (Å²) in [5, 5.41) is 0. The predicted octanol–water partition coefficient (Wildman–Crippen LogP) is 3.95. The van der Waals surface area contributed by atoms with Gasteiger partial charge in [0.15, 0.2) is 0 Å². The Bertz CT molecular complexity index is 346. The van der Waals surface area contributed by atoms with E-state index in [1.165, 1.54) is 0 Å². The van der Waals surface area contributed by atoms with Crippen LogP contribution in [0, 0.1) is 0 Å². The number of rotatable bonds is 6. The van der Waals surface area contributed by atoms with E-state index in [0.717, 1.165) is 19.3 Å². The van der Waals surface area contributed by atoms with Crippen molar-refractivity contribution >= 4 is 6.16 Å². The molecule has 0 aliphatic carbocycles. The smallest absolute Gasteiger partial charge is 0.426 e. The van der Waals surface area contributed by atoms with Crippen LogP contribution in [0.1, 0.15) is 26.2 Å². The Morgan fingerprint density at radius 1 is 1.41 bits per heavy atom. The lowest BCUT2D eigenvalue weighted by Gasteiger charge is -2.13. The maximum atomic E-state index is 11.5. The van der Waals surface area contributed by atoms with E-state index in [9.17, 15) is 4.79 Å². The standard InChI is InChI=1S/C14H18O3/c1-3-5-9-12(4-2)16-14(15)17-13-10-7-6-8-11-13/h4,6-8,10-12H,2-3,5,9H2,1H3. The average Bonchev–Trinajstić information content (AvgIpc) is 2.35. The molecule has 92 valence electrons. The molecule has 1 unspecified atom stereocenters. The van der Waals surface area contributed by atoms with Gasteiger partial charge in [-0.3, -0.25) is 0 Å². The summed E-state index contributed by atoms with van der Waals surface area (Å²) in [5.74, 6) is 0.482. The molecule has 0 saturated heterocycles. The molecule has 17 heavy (non-hydrogen) atoms. The first kappa shape index (κ1) is 13.3. The second-order valence-corrected chi connectivity index (χ2v) is 3.70. The molecule has 0 aliphatic rings. The fraction of sp³-hybridized carbons (Fsp3) is 0.357. The second-order valence-electron chi connectivity index (χ2n) is 3.70. The minimum atomic E-state index is -0.683. The van der Waals surface area contributed by atoms with Crippen LogP contribution in [-0.2, 0) is 4.74 Å². The molecule has 0 fully saturated rings. The van der Waals surface area contributed by atoms with Crippen molar-refractivity contribution in [2.24, 2.45) is 0 Å². The Labute approximate surface area is 102 Å². The van der Waals surface area contributed by atoms with Gasteiger partial charge in [-0.25, -0.2) is 4.79 Å². The van der Waals surface area contributed by atoms with E-state index in [0.29, 0.717) is 5.75 Å². The molecule has 3 nitrogen and oxygen atoms in total. The monoisotopic (exact) mass is 234 g/mol. The second kappa shape index (κ2) is 7.49. The Morgan fingerprint density at radius 2 is 2.12 bits per heavy atom. The van der Waals surface area contributed by atoms with Crippen LogP contribution in [0.5, 0.6) is 5.75 Å². The number of hydrogen-bond acceptors (Lipinski definition) is 3. The van der Waals surface area contributed by atoms with Gasteiger partial charge in [0.1, 0.15) is 11.9 Å². The van der Waals surface area contributed by atoms with E-state index in [4.69, 9.17) is 9.47 Å². The first-order chi connectivity index (χ1) is 8.26. The van der Waals surface area contributed by atoms with Gasteiger partial charge in [-0.15, -0.1) is 0 Å². The first-order valence-electron chi connectivity index (χ1n) is 5.82. The molecule has 1 aromatic rings. The van der Waals surface area contributed by atoms with E-state index in [-0.39, 0.29) is 6.10 Å². The highest BCUT2D eigenvalue weighted by Gasteiger charge is 2.12. The predicted molar refractivity (Wildman–Crippen MR) is 67.1 cm³/mol. The Kier molecular flexibility index (Phi) is 5.86. The molecule has 0 spiro atoms. The fourth-order valence-corrected chi connectivity index (χ4v) is 1.36. The van der Waals surface area contributed by atoms with Crippen LogP contribution >= 0.6 is 0 Å². The Balaban J connectivity index is 2.40. The van der Waals surface area contributed by atoms with Gasteiger partial charge >= 0.3 is 6.16 Å². The Morgan fingerprint density at radius 3 is 2.71 bits per heavy atom. The molecule has 3 heteroatoms. The zero-order chi connectivity index (χ0) is 12.5. The van der Waals surface area contributed by atoms with Gasteiger partial charge in [-0.05, 0) is 25.0 Å². The lowest BCUT2D eigenvalue weighted by atomic mass is 10.1. The third-order valence-corrected chi connectivity index (χ3v) is 2.30. The molecule has 0 aromatic heterocycles. The van der Waals surface area contributed by atoms with Gasteiger partial charge < -0.3 is 9.47 Å². The summed E-state index contributed by atoms with van der Waals surface area (Å²) in [6.45, 7) is 5.73. The molecule has 0 aliphatic heterocycles. The van der Waals surface area contributed by atoms with E-state index in [1.54, 1.807) is 30.3 Å². The number of unbranched alkanes of at least 4 members (excludes halogenated alkanes) is 1. The van der Waals surface area contributed by atoms with E-state index in [2.05, 4.69) is 13.5 Å². The number of carbonyl (C=O) groups excluding carboxylic acids is 1. The van der Waals surface area contributed by atoms with Crippen molar-refractivity contribution in [2.45, 2.75) is 32.3 Å². The molecule has 1 rings (SSSR count). The van der Waals surface area contributed by atoms with Crippen molar-refractivity contribution in [1.29, 1.82) is 0 Å². The van der Waals surface area contributed by atoms with E-state index >= 15 is 0 Å². The van der Waals surface area contributed by atoms with Crippen molar-refractivity contribution in [3.63, 3.8) is 0 Å². The number of hydrogen-bond donors (Lipinski definition) is 0. The zero-order valence-electron chi connectivity index (χ0n) is 10.1. The topological polar surface area (TPSA) is 35.5 Å². The molecule has 0 saturated carbocycles. The summed E-state index contributed by atoms with van der Waals surface area (Å²) in [7, 11) is 0. The number of ether oxygens (including phenoxy) is 2. The lowest BCUT2D eigenvalue weighted by molar-refractivity contribution is 0.0725. The minimum Gasteiger partial charge on any atom is -0.426 e. The van der Waals surface area contributed by atoms with Crippen LogP contribution in [0.2, 0.25) is 0 Å². The van der Waals surface area contributed by atoms with Crippen molar-refractivity contribution < 1.29 is 14.3 Å². The summed E-state index contributed by atoms with van der Waals surface area (Å²) in [5.41, 5.74) is 0. The van der Waals surface area contributed by atoms with E-state index in [1.807, 2.05) is 6.07 Å². The van der Waals surface area contributed by atoms with Crippen LogP contribution in [-0.4, -0.2) is 12.3 Å². The SMILES string of the molecule is C=CC(CCCC)OC(=O)Oc1ccccc1. The number of para-hydroxylation sites is 1. The van der Waals surface area contributed by atoms with Gasteiger partial charge in [-0.1, -0.05) is 44.2 Å². The summed E-state index contributed by atoms with van der Waals surface area (Å²) >= 11 is 0. The van der Waals surface area contributed by atoms with Crippen molar-refractivity contribution in [1.82, 2.24) is 0 Å². The van der Waals surface area contributed by atoms with Crippen LogP contribution < -0.4 is 4.74 Å². The third kappa shape index (κ3) is 5.20. The third-order valence-electron chi connectivity index (χ3n) is 2.30. The lowest BCUT2D eigenvalue weighted by Crippen LogP contribution is -2.19. The average molecular weight is 234 g/mol. The highest BCUT2D eigenvalue weighted by Crippen LogP contribution is 2.12. The number of benzene rings is 1. The summed E-state index contributed by atoms with van der Waals surface area (Å²) < 4.78 is 10.1. The molecule has 1 atom stereocenters. The largest absolute Gasteiger partial charge is 0.514 e. The first-order valence-corrected chi connectivity index (χ1v) is 5.82. The van der Waals surface area contributed by atoms with Crippen LogP contribution in [0.4, 0.5) is 4.79 Å². The van der Waals surface area contributed by atoms with Crippen molar-refractivity contribution in [2.75, 3.05) is 0 Å². The highest BCUT2D eigenvalue weighted by molar-refractivity contribution is 5.64. The van der Waals surface area contributed by atoms with Crippen LogP contribution in [0.3, 0.4) is 0 Å². The molecular weight excluding hydrogens is 216 g/mol. The van der Waals surface area contributed by atoms with Gasteiger partial charge in [0, 0.05) is 0 Å². The number of carbonyl (C=O) groups is 1. The molecule has 1 aromatic carbocycles. The highest BCUT2D eigenvalue weighted by atomic mass is 16.7. The molecule has 0 N–H and O–H groups in total. The van der Waals surface area contributed by atoms with Crippen LogP contribution in [0.25, 0.3) is 0 Å². The van der Waals surface area contributed by atoms with Gasteiger partial charge in [-0.2, -0.15) is 0 Å². The maximum Gasteiger partial charge on any atom is 0.514 e. The summed E-state index contributed by atoms with van der Waals surface area (Å²) in [6.07, 6.45) is 3.51. The fourth-order valence-electron chi connectivity index (χ4n) is 1.36. The minimum absolute atomic E-state index is 0.272. The molecule has 0 heterocycles. The van der Waals surface area contributed by atoms with Crippen molar-refractivity contribution in [3.8, 4) is 5.75 Å². The summed E-state index contributed by atoms with van der Waals surface area (Å²) in [4.78, 5) is 11.5. The van der Waals surface area contributed by atoms with E-state index < -0.39 is 6.16 Å². The van der Waals surface area contributed by atoms with Gasteiger partial charge in [0.2, 0.25) is 0 Å². The Hall–Kier alpha value is -1.77. The molecule has 0 bridgehead atoms.